The lowest BCUT2D eigenvalue weighted by Gasteiger charge is -2.22. The number of carbonyl (C=O) groups is 1. The third-order valence-electron chi connectivity index (χ3n) is 4.06. The van der Waals surface area contributed by atoms with Gasteiger partial charge < -0.3 is 13.9 Å². The zero-order valence-corrected chi connectivity index (χ0v) is 12.5. The lowest BCUT2D eigenvalue weighted by Crippen LogP contribution is -2.31. The molecule has 0 saturated carbocycles. The van der Waals surface area contributed by atoms with Crippen molar-refractivity contribution < 1.29 is 13.8 Å². The summed E-state index contributed by atoms with van der Waals surface area (Å²) in [7, 11) is 0. The summed E-state index contributed by atoms with van der Waals surface area (Å²) in [6.07, 6.45) is 2.23. The van der Waals surface area contributed by atoms with Crippen LogP contribution in [0.2, 0.25) is 0 Å². The monoisotopic (exact) mass is 289 g/mol. The van der Waals surface area contributed by atoms with E-state index in [4.69, 9.17) is 9.05 Å². The van der Waals surface area contributed by atoms with E-state index in [2.05, 4.69) is 10.3 Å². The molecule has 0 aliphatic carbocycles. The molecular weight excluding hydrogens is 270 g/mol. The molecule has 1 fully saturated rings. The Balaban J connectivity index is 1.77. The van der Waals surface area contributed by atoms with Crippen LogP contribution < -0.4 is 0 Å². The molecule has 1 aliphatic rings. The SMILES string of the molecule is Cc1cc(C2CCCN2C(=O)Cc2c(C)noc2C)on1. The van der Waals surface area contributed by atoms with Gasteiger partial charge in [-0.25, -0.2) is 0 Å². The summed E-state index contributed by atoms with van der Waals surface area (Å²) in [5.74, 6) is 1.57. The van der Waals surface area contributed by atoms with Gasteiger partial charge in [0.05, 0.1) is 23.9 Å². The molecule has 3 rings (SSSR count). The molecule has 1 saturated heterocycles. The maximum atomic E-state index is 12.6. The van der Waals surface area contributed by atoms with Gasteiger partial charge in [0.15, 0.2) is 5.76 Å². The summed E-state index contributed by atoms with van der Waals surface area (Å²) in [5.41, 5.74) is 2.52. The Kier molecular flexibility index (Phi) is 3.53. The molecule has 6 nitrogen and oxygen atoms in total. The molecular formula is C15H19N3O3. The standard InChI is InChI=1S/C15H19N3O3/c1-9-7-14(21-16-9)13-5-4-6-18(13)15(19)8-12-10(2)17-20-11(12)3/h7,13H,4-6,8H2,1-3H3. The molecule has 2 aromatic heterocycles. The fourth-order valence-corrected chi connectivity index (χ4v) is 2.91. The van der Waals surface area contributed by atoms with Gasteiger partial charge in [0.2, 0.25) is 5.91 Å². The van der Waals surface area contributed by atoms with Gasteiger partial charge >= 0.3 is 0 Å². The predicted octanol–water partition coefficient (Wildman–Crippen LogP) is 2.49. The van der Waals surface area contributed by atoms with Crippen LogP contribution in [0.1, 0.15) is 47.4 Å². The van der Waals surface area contributed by atoms with Crippen molar-refractivity contribution in [1.29, 1.82) is 0 Å². The quantitative estimate of drug-likeness (QED) is 0.868. The van der Waals surface area contributed by atoms with E-state index in [1.54, 1.807) is 0 Å². The molecule has 1 amide bonds. The predicted molar refractivity (Wildman–Crippen MR) is 74.6 cm³/mol. The van der Waals surface area contributed by atoms with E-state index < -0.39 is 0 Å². The number of nitrogens with zero attached hydrogens (tertiary/aromatic N) is 3. The Labute approximate surface area is 123 Å². The highest BCUT2D eigenvalue weighted by molar-refractivity contribution is 5.80. The van der Waals surface area contributed by atoms with E-state index in [-0.39, 0.29) is 11.9 Å². The minimum atomic E-state index is -0.000766. The molecule has 112 valence electrons. The molecule has 0 aromatic carbocycles. The van der Waals surface area contributed by atoms with Crippen molar-refractivity contribution in [2.24, 2.45) is 0 Å². The molecule has 0 N–H and O–H groups in total. The number of carbonyl (C=O) groups excluding carboxylic acids is 1. The number of hydrogen-bond donors (Lipinski definition) is 0. The van der Waals surface area contributed by atoms with Gasteiger partial charge in [-0.1, -0.05) is 10.3 Å². The van der Waals surface area contributed by atoms with Crippen molar-refractivity contribution in [3.8, 4) is 0 Å². The summed E-state index contributed by atoms with van der Waals surface area (Å²) in [5, 5.41) is 7.82. The first kappa shape index (κ1) is 13.9. The number of rotatable bonds is 3. The zero-order valence-electron chi connectivity index (χ0n) is 12.5. The van der Waals surface area contributed by atoms with Crippen LogP contribution in [0.3, 0.4) is 0 Å². The van der Waals surface area contributed by atoms with Crippen LogP contribution in [-0.4, -0.2) is 27.7 Å². The molecule has 3 heterocycles. The molecule has 1 aliphatic heterocycles. The van der Waals surface area contributed by atoms with Crippen molar-refractivity contribution >= 4 is 5.91 Å². The van der Waals surface area contributed by atoms with Gasteiger partial charge in [-0.2, -0.15) is 0 Å². The Bertz CT molecular complexity index is 639. The third-order valence-corrected chi connectivity index (χ3v) is 4.06. The Morgan fingerprint density at radius 3 is 2.76 bits per heavy atom. The fraction of sp³-hybridized carbons (Fsp3) is 0.533. The topological polar surface area (TPSA) is 72.4 Å². The summed E-state index contributed by atoms with van der Waals surface area (Å²) < 4.78 is 10.5. The summed E-state index contributed by atoms with van der Waals surface area (Å²) in [6.45, 7) is 6.34. The first-order valence-electron chi connectivity index (χ1n) is 7.20. The molecule has 0 bridgehead atoms. The molecule has 21 heavy (non-hydrogen) atoms. The van der Waals surface area contributed by atoms with Gasteiger partial charge in [-0.05, 0) is 33.6 Å². The average Bonchev–Trinajstić information content (AvgIpc) is 3.14. The van der Waals surface area contributed by atoms with Crippen LogP contribution >= 0.6 is 0 Å². The van der Waals surface area contributed by atoms with Crippen LogP contribution in [0.5, 0.6) is 0 Å². The van der Waals surface area contributed by atoms with Crippen molar-refractivity contribution in [1.82, 2.24) is 15.2 Å². The van der Waals surface area contributed by atoms with Gasteiger partial charge in [0.1, 0.15) is 5.76 Å². The molecule has 6 heteroatoms. The first-order valence-corrected chi connectivity index (χ1v) is 7.20. The van der Waals surface area contributed by atoms with Crippen LogP contribution in [0.4, 0.5) is 0 Å². The molecule has 0 radical (unpaired) electrons. The third kappa shape index (κ3) is 2.57. The van der Waals surface area contributed by atoms with E-state index in [0.717, 1.165) is 42.1 Å². The zero-order chi connectivity index (χ0) is 15.0. The van der Waals surface area contributed by atoms with Gasteiger partial charge in [-0.15, -0.1) is 0 Å². The van der Waals surface area contributed by atoms with Crippen molar-refractivity contribution in [2.75, 3.05) is 6.54 Å². The smallest absolute Gasteiger partial charge is 0.227 e. The van der Waals surface area contributed by atoms with E-state index in [1.807, 2.05) is 31.7 Å². The minimum absolute atomic E-state index is 0.000766. The Morgan fingerprint density at radius 1 is 1.33 bits per heavy atom. The van der Waals surface area contributed by atoms with E-state index in [1.165, 1.54) is 0 Å². The lowest BCUT2D eigenvalue weighted by molar-refractivity contribution is -0.131. The van der Waals surface area contributed by atoms with Crippen molar-refractivity contribution in [3.05, 3.63) is 34.5 Å². The molecule has 1 atom stereocenters. The number of likely N-dealkylation sites (tertiary alicyclic amines) is 1. The average molecular weight is 289 g/mol. The number of hydrogen-bond acceptors (Lipinski definition) is 5. The van der Waals surface area contributed by atoms with Crippen molar-refractivity contribution in [2.45, 2.75) is 46.1 Å². The van der Waals surface area contributed by atoms with E-state index in [9.17, 15) is 4.79 Å². The van der Waals surface area contributed by atoms with Gasteiger partial charge in [-0.3, -0.25) is 4.79 Å². The van der Waals surface area contributed by atoms with Gasteiger partial charge in [0, 0.05) is 18.2 Å². The number of aromatic nitrogens is 2. The van der Waals surface area contributed by atoms with Gasteiger partial charge in [0.25, 0.3) is 0 Å². The lowest BCUT2D eigenvalue weighted by atomic mass is 10.1. The minimum Gasteiger partial charge on any atom is -0.361 e. The molecule has 2 aromatic rings. The van der Waals surface area contributed by atoms with E-state index >= 15 is 0 Å². The molecule has 1 unspecified atom stereocenters. The second kappa shape index (κ2) is 5.35. The summed E-state index contributed by atoms with van der Waals surface area (Å²) in [6, 6.07) is 1.91. The highest BCUT2D eigenvalue weighted by Crippen LogP contribution is 2.33. The second-order valence-electron chi connectivity index (χ2n) is 5.60. The normalized spacial score (nSPS) is 18.4. The summed E-state index contributed by atoms with van der Waals surface area (Å²) >= 11 is 0. The van der Waals surface area contributed by atoms with Crippen molar-refractivity contribution in [3.63, 3.8) is 0 Å². The van der Waals surface area contributed by atoms with Crippen LogP contribution in [0, 0.1) is 20.8 Å². The highest BCUT2D eigenvalue weighted by Gasteiger charge is 2.33. The number of amides is 1. The van der Waals surface area contributed by atoms with Crippen LogP contribution in [-0.2, 0) is 11.2 Å². The second-order valence-corrected chi connectivity index (χ2v) is 5.60. The summed E-state index contributed by atoms with van der Waals surface area (Å²) in [4.78, 5) is 14.5. The van der Waals surface area contributed by atoms with Crippen LogP contribution in [0.25, 0.3) is 0 Å². The van der Waals surface area contributed by atoms with E-state index in [0.29, 0.717) is 12.2 Å². The maximum absolute atomic E-state index is 12.6. The maximum Gasteiger partial charge on any atom is 0.227 e. The first-order chi connectivity index (χ1) is 10.1. The Morgan fingerprint density at radius 2 is 2.14 bits per heavy atom. The Hall–Kier alpha value is -2.11. The fourth-order valence-electron chi connectivity index (χ4n) is 2.91. The largest absolute Gasteiger partial charge is 0.361 e. The van der Waals surface area contributed by atoms with Crippen LogP contribution in [0.15, 0.2) is 15.1 Å². The highest BCUT2D eigenvalue weighted by atomic mass is 16.5. The number of aryl methyl sites for hydroxylation is 3. The molecule has 0 spiro atoms.